The molecule has 0 saturated carbocycles. The van der Waals surface area contributed by atoms with E-state index in [-0.39, 0.29) is 12.3 Å². The van der Waals surface area contributed by atoms with Gasteiger partial charge in [-0.1, -0.05) is 221 Å². The van der Waals surface area contributed by atoms with Crippen LogP contribution in [0, 0.1) is 6.92 Å². The van der Waals surface area contributed by atoms with Crippen molar-refractivity contribution in [1.29, 1.82) is 0 Å². The maximum Gasteiger partial charge on any atom is 0.329 e. The Morgan fingerprint density at radius 1 is 0.406 bits per heavy atom. The lowest BCUT2D eigenvalue weighted by Gasteiger charge is -2.51. The van der Waals surface area contributed by atoms with Gasteiger partial charge in [-0.05, 0) is 154 Å². The molecule has 0 aromatic heterocycles. The van der Waals surface area contributed by atoms with Crippen LogP contribution in [-0.2, 0) is 17.3 Å². The summed E-state index contributed by atoms with van der Waals surface area (Å²) in [7, 11) is 0. The molecule has 14 rings (SSSR count). The number of hydrogen-bond acceptors (Lipinski definition) is 1. The molecule has 1 spiro atoms. The zero-order valence-corrected chi connectivity index (χ0v) is 39.5. The molecule has 69 heavy (non-hydrogen) atoms. The van der Waals surface area contributed by atoms with E-state index < -0.39 is 5.41 Å². The van der Waals surface area contributed by atoms with Crippen LogP contribution in [0.5, 0.6) is 0 Å². The molecule has 0 N–H and O–H groups in total. The molecular formula is C67H50BN. The predicted molar refractivity (Wildman–Crippen MR) is 291 cm³/mol. The fraction of sp³-hybridized carbons (Fsp3) is 0.104. The van der Waals surface area contributed by atoms with Crippen molar-refractivity contribution in [1.82, 2.24) is 0 Å². The van der Waals surface area contributed by atoms with Crippen LogP contribution in [0.1, 0.15) is 65.3 Å². The standard InChI is InChI=1S/C67H50BN/c1-42-28-34-52(66(2,3)4)41-56(42)45-31-29-44(30-32-45)46-18-14-19-47(36-46)48-33-35-62-50(37-48)39-51-38-49(43-16-6-5-7-17-43)40-57-55-22-15-26-61-65(55)69(68(62)64(51)57)63-27-13-12-25-60(63)67(61)58-23-10-8-20-53(58)54-21-9-11-24-59(54)67/h5-38,40-41H,39H2,1-4H3. The second kappa shape index (κ2) is 14.8. The van der Waals surface area contributed by atoms with Gasteiger partial charge in [0.05, 0.1) is 5.41 Å². The lowest BCUT2D eigenvalue weighted by atomic mass is 9.40. The number of rotatable bonds is 4. The Bertz CT molecular complexity index is 3710. The fourth-order valence-electron chi connectivity index (χ4n) is 12.8. The summed E-state index contributed by atoms with van der Waals surface area (Å²) in [5.41, 5.74) is 31.3. The molecule has 4 aliphatic rings. The first-order chi connectivity index (χ1) is 33.8. The average molecular weight is 880 g/mol. The number of anilines is 2. The minimum absolute atomic E-state index is 0.00533. The Hall–Kier alpha value is -7.94. The Balaban J connectivity index is 0.932. The van der Waals surface area contributed by atoms with Crippen molar-refractivity contribution < 1.29 is 0 Å². The van der Waals surface area contributed by atoms with E-state index in [1.54, 1.807) is 0 Å². The predicted octanol–water partition coefficient (Wildman–Crippen LogP) is 15.5. The van der Waals surface area contributed by atoms with Crippen LogP contribution in [-0.4, -0.2) is 6.85 Å². The van der Waals surface area contributed by atoms with Crippen molar-refractivity contribution in [3.05, 3.63) is 263 Å². The molecule has 0 bridgehead atoms. The topological polar surface area (TPSA) is 3.24 Å². The smallest absolute Gasteiger partial charge is 0.329 e. The van der Waals surface area contributed by atoms with Crippen LogP contribution >= 0.6 is 0 Å². The van der Waals surface area contributed by atoms with E-state index in [2.05, 4.69) is 251 Å². The normalized spacial score (nSPS) is 14.1. The van der Waals surface area contributed by atoms with Crippen molar-refractivity contribution in [3.63, 3.8) is 0 Å². The zero-order valence-electron chi connectivity index (χ0n) is 39.5. The first-order valence-electron chi connectivity index (χ1n) is 24.7. The van der Waals surface area contributed by atoms with Gasteiger partial charge in [-0.3, -0.25) is 0 Å². The molecule has 1 nitrogen and oxygen atoms in total. The Kier molecular flexibility index (Phi) is 8.60. The van der Waals surface area contributed by atoms with Gasteiger partial charge in [0, 0.05) is 16.9 Å². The van der Waals surface area contributed by atoms with E-state index in [1.165, 1.54) is 134 Å². The second-order valence-corrected chi connectivity index (χ2v) is 20.8. The van der Waals surface area contributed by atoms with Crippen molar-refractivity contribution in [2.45, 2.75) is 44.9 Å². The van der Waals surface area contributed by atoms with Crippen molar-refractivity contribution in [2.75, 3.05) is 4.81 Å². The molecule has 0 atom stereocenters. The summed E-state index contributed by atoms with van der Waals surface area (Å²) in [4.78, 5) is 2.74. The van der Waals surface area contributed by atoms with Crippen LogP contribution in [0.3, 0.4) is 0 Å². The largest absolute Gasteiger partial charge is 0.376 e. The Morgan fingerprint density at radius 2 is 0.971 bits per heavy atom. The van der Waals surface area contributed by atoms with Gasteiger partial charge in [0.15, 0.2) is 0 Å². The number of aryl methyl sites for hydroxylation is 1. The summed E-state index contributed by atoms with van der Waals surface area (Å²) in [5, 5.41) is 0. The average Bonchev–Trinajstić information content (AvgIpc) is 3.68. The summed E-state index contributed by atoms with van der Waals surface area (Å²) < 4.78 is 0. The molecule has 0 radical (unpaired) electrons. The molecule has 0 saturated heterocycles. The maximum absolute atomic E-state index is 2.74. The first-order valence-corrected chi connectivity index (χ1v) is 24.7. The van der Waals surface area contributed by atoms with Crippen molar-refractivity contribution in [2.24, 2.45) is 0 Å². The lowest BCUT2D eigenvalue weighted by Crippen LogP contribution is -2.63. The molecule has 0 amide bonds. The van der Waals surface area contributed by atoms with Gasteiger partial charge >= 0.3 is 6.85 Å². The third-order valence-electron chi connectivity index (χ3n) is 16.0. The van der Waals surface area contributed by atoms with Gasteiger partial charge in [0.2, 0.25) is 0 Å². The number of fused-ring (bicyclic) bond motifs is 13. The van der Waals surface area contributed by atoms with Crippen LogP contribution in [0.2, 0.25) is 0 Å². The number of hydrogen-bond donors (Lipinski definition) is 0. The third-order valence-corrected chi connectivity index (χ3v) is 16.0. The summed E-state index contributed by atoms with van der Waals surface area (Å²) in [6, 6.07) is 83.4. The van der Waals surface area contributed by atoms with Gasteiger partial charge in [0.1, 0.15) is 0 Å². The lowest BCUT2D eigenvalue weighted by molar-refractivity contribution is 0.590. The van der Waals surface area contributed by atoms with E-state index in [1.807, 2.05) is 0 Å². The van der Waals surface area contributed by atoms with Crippen molar-refractivity contribution in [3.8, 4) is 66.8 Å². The van der Waals surface area contributed by atoms with Gasteiger partial charge in [-0.15, -0.1) is 0 Å². The molecule has 3 heterocycles. The number of nitrogens with zero attached hydrogens (tertiary/aromatic N) is 1. The maximum atomic E-state index is 2.74. The molecule has 0 unspecified atom stereocenters. The minimum atomic E-state index is -0.466. The highest BCUT2D eigenvalue weighted by molar-refractivity contribution is 6.92. The fourth-order valence-corrected chi connectivity index (χ4v) is 12.8. The Labute approximate surface area is 406 Å². The minimum Gasteiger partial charge on any atom is -0.376 e. The van der Waals surface area contributed by atoms with Gasteiger partial charge in [-0.2, -0.15) is 0 Å². The molecule has 10 aromatic carbocycles. The molecule has 326 valence electrons. The SMILES string of the molecule is Cc1ccc(C(C)(C)C)cc1-c1ccc(-c2cccc(-c3ccc4c(c3)Cc3cc(-c5ccccc5)cc5c3B4N3c4ccccc4C4(c6ccccc6-c6ccccc64)c4cccc-5c43)c2)cc1. The van der Waals surface area contributed by atoms with Gasteiger partial charge < -0.3 is 4.81 Å². The monoisotopic (exact) mass is 879 g/mol. The highest BCUT2D eigenvalue weighted by atomic mass is 15.1. The first kappa shape index (κ1) is 40.2. The van der Waals surface area contributed by atoms with Crippen LogP contribution < -0.4 is 15.7 Å². The quantitative estimate of drug-likeness (QED) is 0.159. The Morgan fingerprint density at radius 3 is 1.72 bits per heavy atom. The highest BCUT2D eigenvalue weighted by Crippen LogP contribution is 2.64. The van der Waals surface area contributed by atoms with E-state index in [0.717, 1.165) is 6.42 Å². The van der Waals surface area contributed by atoms with E-state index >= 15 is 0 Å². The van der Waals surface area contributed by atoms with E-state index in [0.29, 0.717) is 0 Å². The summed E-state index contributed by atoms with van der Waals surface area (Å²) in [6.07, 6.45) is 0.870. The number of benzene rings is 10. The summed E-state index contributed by atoms with van der Waals surface area (Å²) in [6.45, 7) is 9.08. The zero-order chi connectivity index (χ0) is 46.2. The van der Waals surface area contributed by atoms with Gasteiger partial charge in [0.25, 0.3) is 0 Å². The highest BCUT2D eigenvalue weighted by Gasteiger charge is 2.55. The summed E-state index contributed by atoms with van der Waals surface area (Å²) >= 11 is 0. The van der Waals surface area contributed by atoms with Crippen LogP contribution in [0.25, 0.3) is 66.8 Å². The number of para-hydroxylation sites is 2. The molecule has 1 aliphatic carbocycles. The van der Waals surface area contributed by atoms with Crippen LogP contribution in [0.4, 0.5) is 11.4 Å². The third kappa shape index (κ3) is 5.79. The molecule has 3 aliphatic heterocycles. The second-order valence-electron chi connectivity index (χ2n) is 20.8. The van der Waals surface area contributed by atoms with E-state index in [4.69, 9.17) is 0 Å². The molecule has 2 heteroatoms. The summed E-state index contributed by atoms with van der Waals surface area (Å²) in [5.74, 6) is 0. The molecule has 0 fully saturated rings. The van der Waals surface area contributed by atoms with Crippen molar-refractivity contribution >= 4 is 29.1 Å². The van der Waals surface area contributed by atoms with Crippen LogP contribution in [0.15, 0.2) is 218 Å². The van der Waals surface area contributed by atoms with Gasteiger partial charge in [-0.25, -0.2) is 0 Å². The molecular weight excluding hydrogens is 830 g/mol. The molecule has 10 aromatic rings. The van der Waals surface area contributed by atoms with E-state index in [9.17, 15) is 0 Å².